The van der Waals surface area contributed by atoms with Crippen molar-refractivity contribution < 1.29 is 28.9 Å². The fraction of sp³-hybridized carbons (Fsp3) is 0.464. The zero-order valence-corrected chi connectivity index (χ0v) is 21.2. The SMILES string of the molecule is COc1cc(C=CC2(C(C)(C)C(=O)C=CC3(C)C=C(C#N)C(=O)C(C)(C)C3)OCCO2)ccc1O. The molecule has 1 N–H and O–H groups in total. The molecule has 7 nitrogen and oxygen atoms in total. The second-order valence-corrected chi connectivity index (χ2v) is 10.5. The zero-order valence-electron chi connectivity index (χ0n) is 21.2. The van der Waals surface area contributed by atoms with Gasteiger partial charge in [0.1, 0.15) is 6.07 Å². The van der Waals surface area contributed by atoms with Gasteiger partial charge in [0.15, 0.2) is 23.1 Å². The molecule has 186 valence electrons. The van der Waals surface area contributed by atoms with Gasteiger partial charge in [0.25, 0.3) is 0 Å². The number of rotatable bonds is 7. The van der Waals surface area contributed by atoms with Crippen molar-refractivity contribution >= 4 is 17.6 Å². The van der Waals surface area contributed by atoms with Gasteiger partial charge < -0.3 is 19.3 Å². The quantitative estimate of drug-likeness (QED) is 0.562. The summed E-state index contributed by atoms with van der Waals surface area (Å²) < 4.78 is 17.1. The van der Waals surface area contributed by atoms with Crippen LogP contribution in [-0.4, -0.2) is 42.8 Å². The second-order valence-electron chi connectivity index (χ2n) is 10.5. The lowest BCUT2D eigenvalue weighted by molar-refractivity contribution is -0.191. The highest BCUT2D eigenvalue weighted by atomic mass is 16.7. The van der Waals surface area contributed by atoms with Gasteiger partial charge in [-0.15, -0.1) is 0 Å². The van der Waals surface area contributed by atoms with E-state index in [4.69, 9.17) is 14.2 Å². The Morgan fingerprint density at radius 1 is 1.20 bits per heavy atom. The normalized spacial score (nSPS) is 23.9. The lowest BCUT2D eigenvalue weighted by Gasteiger charge is -2.39. The molecule has 1 aromatic carbocycles. The first-order valence-electron chi connectivity index (χ1n) is 11.5. The van der Waals surface area contributed by atoms with Crippen LogP contribution < -0.4 is 4.74 Å². The van der Waals surface area contributed by atoms with E-state index in [1.165, 1.54) is 19.3 Å². The van der Waals surface area contributed by atoms with Crippen LogP contribution in [0.15, 0.2) is 48.1 Å². The minimum Gasteiger partial charge on any atom is -0.504 e. The van der Waals surface area contributed by atoms with E-state index in [-0.39, 0.29) is 22.9 Å². The van der Waals surface area contributed by atoms with Crippen LogP contribution in [0.25, 0.3) is 6.08 Å². The summed E-state index contributed by atoms with van der Waals surface area (Å²) in [5, 5.41) is 19.3. The van der Waals surface area contributed by atoms with Crippen LogP contribution in [0.2, 0.25) is 0 Å². The molecule has 1 aliphatic carbocycles. The average molecular weight is 480 g/mol. The van der Waals surface area contributed by atoms with E-state index in [9.17, 15) is 20.0 Å². The maximum absolute atomic E-state index is 13.5. The molecule has 0 spiro atoms. The van der Waals surface area contributed by atoms with Crippen molar-refractivity contribution in [1.82, 2.24) is 0 Å². The first-order chi connectivity index (χ1) is 16.3. The Balaban J connectivity index is 1.90. The summed E-state index contributed by atoms with van der Waals surface area (Å²) in [6, 6.07) is 6.92. The largest absolute Gasteiger partial charge is 0.504 e. The Bertz CT molecular complexity index is 1140. The van der Waals surface area contributed by atoms with Gasteiger partial charge in [0, 0.05) is 10.8 Å². The number of allylic oxidation sites excluding steroid dienone is 4. The molecule has 1 fully saturated rings. The van der Waals surface area contributed by atoms with Gasteiger partial charge in [-0.05, 0) is 50.1 Å². The van der Waals surface area contributed by atoms with Gasteiger partial charge in [-0.1, -0.05) is 45.1 Å². The number of hydrogen-bond acceptors (Lipinski definition) is 7. The fourth-order valence-corrected chi connectivity index (χ4v) is 4.78. The molecular formula is C28H33NO6. The van der Waals surface area contributed by atoms with Crippen LogP contribution in [-0.2, 0) is 19.1 Å². The minimum absolute atomic E-state index is 0.0306. The van der Waals surface area contributed by atoms with Gasteiger partial charge in [0.05, 0.1) is 31.3 Å². The van der Waals surface area contributed by atoms with Crippen molar-refractivity contribution in [3.05, 3.63) is 53.6 Å². The molecule has 35 heavy (non-hydrogen) atoms. The number of ether oxygens (including phenoxy) is 3. The summed E-state index contributed by atoms with van der Waals surface area (Å²) in [6.07, 6.45) is 8.88. The number of carbonyl (C=O) groups is 2. The molecule has 1 saturated heterocycles. The Kier molecular flexibility index (Phi) is 7.12. The molecule has 1 unspecified atom stereocenters. The van der Waals surface area contributed by atoms with Crippen molar-refractivity contribution in [2.24, 2.45) is 16.2 Å². The number of aromatic hydroxyl groups is 1. The van der Waals surface area contributed by atoms with Crippen LogP contribution >= 0.6 is 0 Å². The molecule has 1 heterocycles. The molecule has 0 saturated carbocycles. The van der Waals surface area contributed by atoms with Crippen molar-refractivity contribution in [3.8, 4) is 17.6 Å². The molecule has 0 radical (unpaired) electrons. The Labute approximate surface area is 206 Å². The molecule has 0 bridgehead atoms. The Hall–Kier alpha value is -3.21. The first-order valence-corrected chi connectivity index (χ1v) is 11.5. The second kappa shape index (κ2) is 9.44. The summed E-state index contributed by atoms with van der Waals surface area (Å²) in [5.41, 5.74) is -1.56. The fourth-order valence-electron chi connectivity index (χ4n) is 4.78. The lowest BCUT2D eigenvalue weighted by atomic mass is 9.65. The van der Waals surface area contributed by atoms with Crippen LogP contribution in [0.4, 0.5) is 0 Å². The number of ketones is 2. The molecule has 2 aliphatic rings. The number of phenols is 1. The van der Waals surface area contributed by atoms with Crippen molar-refractivity contribution in [2.75, 3.05) is 20.3 Å². The Morgan fingerprint density at radius 3 is 2.46 bits per heavy atom. The predicted octanol–water partition coefficient (Wildman–Crippen LogP) is 4.76. The monoisotopic (exact) mass is 479 g/mol. The summed E-state index contributed by atoms with van der Waals surface area (Å²) in [7, 11) is 1.47. The average Bonchev–Trinajstić information content (AvgIpc) is 3.30. The third kappa shape index (κ3) is 5.09. The van der Waals surface area contributed by atoms with Gasteiger partial charge in [-0.2, -0.15) is 5.26 Å². The van der Waals surface area contributed by atoms with Gasteiger partial charge in [-0.3, -0.25) is 9.59 Å². The number of Topliss-reactive ketones (excluding diaryl/α,β-unsaturated/α-hetero) is 1. The van der Waals surface area contributed by atoms with Gasteiger partial charge in [0.2, 0.25) is 5.79 Å². The molecular weight excluding hydrogens is 446 g/mol. The number of hydrogen-bond donors (Lipinski definition) is 1. The maximum Gasteiger partial charge on any atom is 0.200 e. The smallest absolute Gasteiger partial charge is 0.200 e. The van der Waals surface area contributed by atoms with E-state index >= 15 is 0 Å². The van der Waals surface area contributed by atoms with Crippen molar-refractivity contribution in [3.63, 3.8) is 0 Å². The summed E-state index contributed by atoms with van der Waals surface area (Å²) in [4.78, 5) is 26.0. The molecule has 7 heteroatoms. The summed E-state index contributed by atoms with van der Waals surface area (Å²) in [6.45, 7) is 9.75. The molecule has 0 aromatic heterocycles. The number of nitriles is 1. The topological polar surface area (TPSA) is 106 Å². The number of methoxy groups -OCH3 is 1. The highest BCUT2D eigenvalue weighted by Gasteiger charge is 2.52. The van der Waals surface area contributed by atoms with Crippen molar-refractivity contribution in [2.45, 2.75) is 46.8 Å². The maximum atomic E-state index is 13.5. The lowest BCUT2D eigenvalue weighted by Crippen LogP contribution is -2.48. The third-order valence-corrected chi connectivity index (χ3v) is 6.79. The summed E-state index contributed by atoms with van der Waals surface area (Å²) in [5.74, 6) is -1.33. The van der Waals surface area contributed by atoms with Crippen LogP contribution in [0.1, 0.15) is 46.6 Å². The van der Waals surface area contributed by atoms with E-state index in [2.05, 4.69) is 0 Å². The zero-order chi connectivity index (χ0) is 26.1. The third-order valence-electron chi connectivity index (χ3n) is 6.79. The van der Waals surface area contributed by atoms with Crippen molar-refractivity contribution in [1.29, 1.82) is 5.26 Å². The number of carbonyl (C=O) groups excluding carboxylic acids is 2. The highest BCUT2D eigenvalue weighted by molar-refractivity contribution is 6.04. The van der Waals surface area contributed by atoms with E-state index in [1.54, 1.807) is 50.3 Å². The standard InChI is InChI=1S/C28H33NO6/c1-25(2)18-27(5,16-20(17-29)24(25)32)11-10-23(31)26(3,4)28(34-13-14-35-28)12-9-19-7-8-21(30)22(15-19)33-6/h7-12,15-16,30H,13-14,18H2,1-6H3. The van der Waals surface area contributed by atoms with Crippen LogP contribution in [0.5, 0.6) is 11.5 Å². The van der Waals surface area contributed by atoms with Crippen LogP contribution in [0.3, 0.4) is 0 Å². The molecule has 1 aliphatic heterocycles. The van der Waals surface area contributed by atoms with E-state index in [1.807, 2.05) is 26.8 Å². The van der Waals surface area contributed by atoms with Crippen LogP contribution in [0, 0.1) is 27.6 Å². The molecule has 1 atom stereocenters. The highest BCUT2D eigenvalue weighted by Crippen LogP contribution is 2.45. The predicted molar refractivity (Wildman–Crippen MR) is 131 cm³/mol. The van der Waals surface area contributed by atoms with E-state index in [0.717, 1.165) is 5.56 Å². The first kappa shape index (κ1) is 26.4. The Morgan fingerprint density at radius 2 is 1.86 bits per heavy atom. The summed E-state index contributed by atoms with van der Waals surface area (Å²) >= 11 is 0. The minimum atomic E-state index is -1.30. The molecule has 0 amide bonds. The molecule has 1 aromatic rings. The van der Waals surface area contributed by atoms with Gasteiger partial charge in [-0.25, -0.2) is 0 Å². The van der Waals surface area contributed by atoms with E-state index in [0.29, 0.717) is 25.4 Å². The number of nitrogens with zero attached hydrogens (tertiary/aromatic N) is 1. The molecule has 3 rings (SSSR count). The van der Waals surface area contributed by atoms with Gasteiger partial charge >= 0.3 is 0 Å². The number of phenolic OH excluding ortho intramolecular Hbond substituents is 1. The van der Waals surface area contributed by atoms with E-state index < -0.39 is 22.0 Å². The number of benzene rings is 1.